The van der Waals surface area contributed by atoms with Gasteiger partial charge in [0.1, 0.15) is 5.75 Å². The Morgan fingerprint density at radius 2 is 2.36 bits per heavy atom. The van der Waals surface area contributed by atoms with Gasteiger partial charge < -0.3 is 10.1 Å². The average Bonchev–Trinajstić information content (AvgIpc) is 2.71. The Bertz CT molecular complexity index is 321. The highest BCUT2D eigenvalue weighted by molar-refractivity contribution is 9.10. The molecule has 1 heterocycles. The molecule has 1 aromatic carbocycles. The number of rotatable bonds is 2. The van der Waals surface area contributed by atoms with Crippen molar-refractivity contribution in [2.75, 3.05) is 13.7 Å². The molecular weight excluding hydrogens is 242 g/mol. The van der Waals surface area contributed by atoms with Crippen LogP contribution in [0.3, 0.4) is 0 Å². The monoisotopic (exact) mass is 255 g/mol. The lowest BCUT2D eigenvalue weighted by Crippen LogP contribution is -2.13. The van der Waals surface area contributed by atoms with Crippen molar-refractivity contribution in [1.29, 1.82) is 0 Å². The molecule has 0 unspecified atom stereocenters. The van der Waals surface area contributed by atoms with E-state index in [1.807, 2.05) is 12.1 Å². The standard InChI is InChI=1S/C11H14BrNO/c1-14-8-4-5-10(12)9(7-8)11-3-2-6-13-11/h4-5,7,11,13H,2-3,6H2,1H3/t11-/m1/s1. The molecule has 2 nitrogen and oxygen atoms in total. The Morgan fingerprint density at radius 3 is 3.00 bits per heavy atom. The van der Waals surface area contributed by atoms with Gasteiger partial charge in [0.05, 0.1) is 7.11 Å². The molecule has 76 valence electrons. The molecule has 2 rings (SSSR count). The van der Waals surface area contributed by atoms with Gasteiger partial charge in [-0.25, -0.2) is 0 Å². The highest BCUT2D eigenvalue weighted by atomic mass is 79.9. The molecule has 0 aliphatic carbocycles. The van der Waals surface area contributed by atoms with Gasteiger partial charge in [0.15, 0.2) is 0 Å². The first-order chi connectivity index (χ1) is 6.81. The van der Waals surface area contributed by atoms with E-state index in [9.17, 15) is 0 Å². The lowest BCUT2D eigenvalue weighted by atomic mass is 10.1. The molecule has 14 heavy (non-hydrogen) atoms. The minimum atomic E-state index is 0.486. The zero-order valence-corrected chi connectivity index (χ0v) is 9.80. The van der Waals surface area contributed by atoms with E-state index in [-0.39, 0.29) is 0 Å². The van der Waals surface area contributed by atoms with E-state index in [2.05, 4.69) is 27.3 Å². The predicted octanol–water partition coefficient (Wildman–Crippen LogP) is 2.88. The van der Waals surface area contributed by atoms with Crippen LogP contribution in [0, 0.1) is 0 Å². The molecule has 0 spiro atoms. The Hall–Kier alpha value is -0.540. The molecule has 1 saturated heterocycles. The molecule has 1 fully saturated rings. The SMILES string of the molecule is COc1ccc(Br)c([C@H]2CCCN2)c1. The van der Waals surface area contributed by atoms with E-state index in [1.54, 1.807) is 7.11 Å². The molecule has 1 N–H and O–H groups in total. The van der Waals surface area contributed by atoms with Gasteiger partial charge in [0, 0.05) is 10.5 Å². The van der Waals surface area contributed by atoms with Gasteiger partial charge in [-0.3, -0.25) is 0 Å². The van der Waals surface area contributed by atoms with Gasteiger partial charge in [-0.1, -0.05) is 15.9 Å². The van der Waals surface area contributed by atoms with E-state index in [1.165, 1.54) is 18.4 Å². The largest absolute Gasteiger partial charge is 0.497 e. The summed E-state index contributed by atoms with van der Waals surface area (Å²) in [5.41, 5.74) is 1.31. The van der Waals surface area contributed by atoms with Crippen LogP contribution in [0.1, 0.15) is 24.4 Å². The summed E-state index contributed by atoms with van der Waals surface area (Å²) in [6.45, 7) is 1.12. The quantitative estimate of drug-likeness (QED) is 0.878. The van der Waals surface area contributed by atoms with E-state index < -0.39 is 0 Å². The average molecular weight is 256 g/mol. The predicted molar refractivity (Wildman–Crippen MR) is 60.7 cm³/mol. The topological polar surface area (TPSA) is 21.3 Å². The molecule has 0 bridgehead atoms. The summed E-state index contributed by atoms with van der Waals surface area (Å²) in [4.78, 5) is 0. The Labute approximate surface area is 92.8 Å². The first kappa shape index (κ1) is 9.99. The van der Waals surface area contributed by atoms with Crippen molar-refractivity contribution in [3.05, 3.63) is 28.2 Å². The summed E-state index contributed by atoms with van der Waals surface area (Å²) in [5.74, 6) is 0.928. The number of benzene rings is 1. The normalized spacial score (nSPS) is 21.1. The van der Waals surface area contributed by atoms with Crippen LogP contribution >= 0.6 is 15.9 Å². The van der Waals surface area contributed by atoms with Crippen LogP contribution in [0.4, 0.5) is 0 Å². The summed E-state index contributed by atoms with van der Waals surface area (Å²) >= 11 is 3.57. The first-order valence-corrected chi connectivity index (χ1v) is 5.67. The highest BCUT2D eigenvalue weighted by Gasteiger charge is 2.18. The van der Waals surface area contributed by atoms with Gasteiger partial charge in [-0.2, -0.15) is 0 Å². The number of nitrogens with one attached hydrogen (secondary N) is 1. The second kappa shape index (κ2) is 4.32. The fourth-order valence-electron chi connectivity index (χ4n) is 1.87. The van der Waals surface area contributed by atoms with Crippen molar-refractivity contribution in [2.24, 2.45) is 0 Å². The molecule has 0 amide bonds. The minimum absolute atomic E-state index is 0.486. The molecule has 0 aromatic heterocycles. The molecule has 3 heteroatoms. The molecule has 0 radical (unpaired) electrons. The Morgan fingerprint density at radius 1 is 1.50 bits per heavy atom. The second-order valence-corrected chi connectivity index (χ2v) is 4.39. The molecule has 0 saturated carbocycles. The molecular formula is C11H14BrNO. The zero-order chi connectivity index (χ0) is 9.97. The van der Waals surface area contributed by atoms with Crippen molar-refractivity contribution in [1.82, 2.24) is 5.32 Å². The van der Waals surface area contributed by atoms with E-state index in [0.717, 1.165) is 16.8 Å². The van der Waals surface area contributed by atoms with E-state index >= 15 is 0 Å². The number of halogens is 1. The van der Waals surface area contributed by atoms with Gasteiger partial charge in [-0.05, 0) is 43.1 Å². The maximum atomic E-state index is 5.22. The van der Waals surface area contributed by atoms with Gasteiger partial charge in [0.2, 0.25) is 0 Å². The summed E-state index contributed by atoms with van der Waals surface area (Å²) in [6, 6.07) is 6.61. The summed E-state index contributed by atoms with van der Waals surface area (Å²) < 4.78 is 6.39. The third-order valence-corrected chi connectivity index (χ3v) is 3.36. The Balaban J connectivity index is 2.29. The lowest BCUT2D eigenvalue weighted by Gasteiger charge is -2.13. The number of hydrogen-bond acceptors (Lipinski definition) is 2. The van der Waals surface area contributed by atoms with Crippen molar-refractivity contribution < 1.29 is 4.74 Å². The third-order valence-electron chi connectivity index (χ3n) is 2.64. The maximum absolute atomic E-state index is 5.22. The Kier molecular flexibility index (Phi) is 3.08. The minimum Gasteiger partial charge on any atom is -0.497 e. The molecule has 1 aliphatic rings. The zero-order valence-electron chi connectivity index (χ0n) is 8.22. The van der Waals surface area contributed by atoms with E-state index in [0.29, 0.717) is 6.04 Å². The van der Waals surface area contributed by atoms with E-state index in [4.69, 9.17) is 4.74 Å². The number of hydrogen-bond donors (Lipinski definition) is 1. The second-order valence-electron chi connectivity index (χ2n) is 3.54. The van der Waals surface area contributed by atoms with Crippen LogP contribution in [0.5, 0.6) is 5.75 Å². The summed E-state index contributed by atoms with van der Waals surface area (Å²) in [5, 5.41) is 3.48. The number of methoxy groups -OCH3 is 1. The van der Waals surface area contributed by atoms with Crippen LogP contribution in [-0.2, 0) is 0 Å². The van der Waals surface area contributed by atoms with Crippen LogP contribution in [0.25, 0.3) is 0 Å². The van der Waals surface area contributed by atoms with Crippen LogP contribution in [0.2, 0.25) is 0 Å². The molecule has 1 aliphatic heterocycles. The van der Waals surface area contributed by atoms with Gasteiger partial charge in [-0.15, -0.1) is 0 Å². The van der Waals surface area contributed by atoms with Crippen molar-refractivity contribution in [3.63, 3.8) is 0 Å². The van der Waals surface area contributed by atoms with Gasteiger partial charge >= 0.3 is 0 Å². The van der Waals surface area contributed by atoms with Gasteiger partial charge in [0.25, 0.3) is 0 Å². The highest BCUT2D eigenvalue weighted by Crippen LogP contribution is 2.32. The molecule has 1 aromatic rings. The number of ether oxygens (including phenoxy) is 1. The fourth-order valence-corrected chi connectivity index (χ4v) is 2.39. The lowest BCUT2D eigenvalue weighted by molar-refractivity contribution is 0.413. The van der Waals surface area contributed by atoms with Crippen LogP contribution < -0.4 is 10.1 Å². The smallest absolute Gasteiger partial charge is 0.119 e. The van der Waals surface area contributed by atoms with Crippen molar-refractivity contribution in [3.8, 4) is 5.75 Å². The van der Waals surface area contributed by atoms with Crippen molar-refractivity contribution in [2.45, 2.75) is 18.9 Å². The fraction of sp³-hybridized carbons (Fsp3) is 0.455. The van der Waals surface area contributed by atoms with Crippen LogP contribution in [0.15, 0.2) is 22.7 Å². The third kappa shape index (κ3) is 1.93. The summed E-state index contributed by atoms with van der Waals surface area (Å²) in [7, 11) is 1.70. The summed E-state index contributed by atoms with van der Waals surface area (Å²) in [6.07, 6.45) is 2.47. The van der Waals surface area contributed by atoms with Crippen molar-refractivity contribution >= 4 is 15.9 Å². The van der Waals surface area contributed by atoms with Crippen LogP contribution in [-0.4, -0.2) is 13.7 Å². The molecule has 1 atom stereocenters. The first-order valence-electron chi connectivity index (χ1n) is 4.88. The maximum Gasteiger partial charge on any atom is 0.119 e.